The molecule has 2 fully saturated rings. The highest BCUT2D eigenvalue weighted by molar-refractivity contribution is 6.07. The van der Waals surface area contributed by atoms with Gasteiger partial charge in [0.25, 0.3) is 0 Å². The van der Waals surface area contributed by atoms with Gasteiger partial charge in [0, 0.05) is 32.4 Å². The van der Waals surface area contributed by atoms with Crippen LogP contribution in [0.15, 0.2) is 0 Å². The Balaban J connectivity index is 1.96. The lowest BCUT2D eigenvalue weighted by Crippen LogP contribution is -2.51. The minimum absolute atomic E-state index is 0.0588. The molecule has 2 heterocycles. The second-order valence-electron chi connectivity index (χ2n) is 7.01. The van der Waals surface area contributed by atoms with Crippen molar-refractivity contribution in [1.82, 2.24) is 4.90 Å². The van der Waals surface area contributed by atoms with E-state index < -0.39 is 17.1 Å². The maximum atomic E-state index is 12.5. The van der Waals surface area contributed by atoms with Crippen LogP contribution in [0.5, 0.6) is 0 Å². The molecule has 2 aliphatic rings. The van der Waals surface area contributed by atoms with E-state index in [4.69, 9.17) is 9.47 Å². The van der Waals surface area contributed by atoms with Gasteiger partial charge in [-0.15, -0.1) is 0 Å². The second-order valence-corrected chi connectivity index (χ2v) is 7.01. The van der Waals surface area contributed by atoms with Gasteiger partial charge in [-0.05, 0) is 20.8 Å². The Hall–Kier alpha value is -1.43. The molecule has 2 saturated heterocycles. The number of amides is 1. The fourth-order valence-electron chi connectivity index (χ4n) is 2.96. The Morgan fingerprint density at radius 3 is 2.41 bits per heavy atom. The molecule has 6 nitrogen and oxygen atoms in total. The minimum Gasteiger partial charge on any atom is -0.444 e. The highest BCUT2D eigenvalue weighted by atomic mass is 16.6. The lowest BCUT2D eigenvalue weighted by molar-refractivity contribution is -0.139. The van der Waals surface area contributed by atoms with E-state index >= 15 is 0 Å². The quantitative estimate of drug-likeness (QED) is 0.729. The number of rotatable bonds is 2. The molecule has 1 amide bonds. The van der Waals surface area contributed by atoms with E-state index in [2.05, 4.69) is 0 Å². The van der Waals surface area contributed by atoms with Crippen LogP contribution in [-0.4, -0.2) is 53.5 Å². The summed E-state index contributed by atoms with van der Waals surface area (Å²) in [5, 5.41) is 0. The Morgan fingerprint density at radius 2 is 1.91 bits per heavy atom. The van der Waals surface area contributed by atoms with Gasteiger partial charge >= 0.3 is 6.09 Å². The van der Waals surface area contributed by atoms with Crippen LogP contribution in [0, 0.1) is 5.92 Å². The third-order valence-corrected chi connectivity index (χ3v) is 4.25. The summed E-state index contributed by atoms with van der Waals surface area (Å²) >= 11 is 0. The molecule has 0 N–H and O–H groups in total. The van der Waals surface area contributed by atoms with E-state index in [1.165, 1.54) is 0 Å². The zero-order valence-corrected chi connectivity index (χ0v) is 13.8. The zero-order valence-electron chi connectivity index (χ0n) is 13.8. The highest BCUT2D eigenvalue weighted by Crippen LogP contribution is 2.36. The summed E-state index contributed by atoms with van der Waals surface area (Å²) in [4.78, 5) is 37.9. The lowest BCUT2D eigenvalue weighted by atomic mass is 9.82. The normalized spacial score (nSPS) is 24.6. The summed E-state index contributed by atoms with van der Waals surface area (Å²) in [7, 11) is 0. The number of ketones is 2. The van der Waals surface area contributed by atoms with Gasteiger partial charge in [-0.2, -0.15) is 0 Å². The fraction of sp³-hybridized carbons (Fsp3) is 0.812. The van der Waals surface area contributed by atoms with Crippen molar-refractivity contribution in [1.29, 1.82) is 0 Å². The zero-order chi connectivity index (χ0) is 16.5. The van der Waals surface area contributed by atoms with Crippen molar-refractivity contribution in [3.8, 4) is 0 Å². The molecule has 0 aromatic heterocycles. The molecule has 0 aliphatic carbocycles. The number of hydrogen-bond acceptors (Lipinski definition) is 5. The third-order valence-electron chi connectivity index (χ3n) is 4.25. The summed E-state index contributed by atoms with van der Waals surface area (Å²) in [6.07, 6.45) is 0.839. The van der Waals surface area contributed by atoms with Crippen molar-refractivity contribution in [3.63, 3.8) is 0 Å². The number of piperidine rings is 1. The Morgan fingerprint density at radius 1 is 1.32 bits per heavy atom. The maximum Gasteiger partial charge on any atom is 0.410 e. The predicted molar refractivity (Wildman–Crippen MR) is 79.5 cm³/mol. The van der Waals surface area contributed by atoms with Gasteiger partial charge in [-0.1, -0.05) is 6.92 Å². The number of ether oxygens (including phenoxy) is 2. The summed E-state index contributed by atoms with van der Waals surface area (Å²) in [5.41, 5.74) is -1.42. The third kappa shape index (κ3) is 3.32. The molecule has 1 atom stereocenters. The smallest absolute Gasteiger partial charge is 0.410 e. The molecule has 6 heteroatoms. The largest absolute Gasteiger partial charge is 0.444 e. The second kappa shape index (κ2) is 5.99. The number of nitrogens with zero attached hydrogens (tertiary/aromatic N) is 1. The van der Waals surface area contributed by atoms with Crippen LogP contribution in [0.3, 0.4) is 0 Å². The molecule has 1 spiro atoms. The predicted octanol–water partition coefficient (Wildman–Crippen LogP) is 1.95. The molecule has 2 aliphatic heterocycles. The minimum atomic E-state index is -0.881. The molecule has 22 heavy (non-hydrogen) atoms. The molecule has 0 radical (unpaired) electrons. The topological polar surface area (TPSA) is 72.9 Å². The highest BCUT2D eigenvalue weighted by Gasteiger charge is 2.52. The van der Waals surface area contributed by atoms with E-state index in [0.29, 0.717) is 32.4 Å². The number of carbonyl (C=O) groups is 3. The Kier molecular flexibility index (Phi) is 4.61. The lowest BCUT2D eigenvalue weighted by Gasteiger charge is -2.37. The molecular weight excluding hydrogens is 286 g/mol. The summed E-state index contributed by atoms with van der Waals surface area (Å²) < 4.78 is 11.0. The Bertz CT molecular complexity index is 471. The van der Waals surface area contributed by atoms with Crippen molar-refractivity contribution < 1.29 is 23.9 Å². The number of carbonyl (C=O) groups excluding carboxylic acids is 3. The average Bonchev–Trinajstić information content (AvgIpc) is 2.74. The first-order valence-corrected chi connectivity index (χ1v) is 7.87. The van der Waals surface area contributed by atoms with Gasteiger partial charge in [-0.3, -0.25) is 9.59 Å². The van der Waals surface area contributed by atoms with Crippen LogP contribution in [0.2, 0.25) is 0 Å². The molecule has 0 aromatic rings. The van der Waals surface area contributed by atoms with E-state index in [1.807, 2.05) is 20.8 Å². The van der Waals surface area contributed by atoms with E-state index in [-0.39, 0.29) is 24.3 Å². The molecule has 1 unspecified atom stereocenters. The van der Waals surface area contributed by atoms with Crippen LogP contribution in [0.25, 0.3) is 0 Å². The van der Waals surface area contributed by atoms with Crippen molar-refractivity contribution in [2.75, 3.05) is 19.7 Å². The molecular formula is C16H25NO5. The van der Waals surface area contributed by atoms with Crippen molar-refractivity contribution >= 4 is 17.7 Å². The van der Waals surface area contributed by atoms with E-state index in [9.17, 15) is 14.4 Å². The monoisotopic (exact) mass is 311 g/mol. The van der Waals surface area contributed by atoms with Gasteiger partial charge in [0.05, 0.1) is 6.61 Å². The van der Waals surface area contributed by atoms with Crippen LogP contribution >= 0.6 is 0 Å². The molecule has 0 aromatic carbocycles. The number of hydrogen-bond donors (Lipinski definition) is 0. The molecule has 0 saturated carbocycles. The van der Waals surface area contributed by atoms with Gasteiger partial charge in [0.1, 0.15) is 22.9 Å². The molecule has 124 valence electrons. The summed E-state index contributed by atoms with van der Waals surface area (Å²) in [5.74, 6) is -0.794. The summed E-state index contributed by atoms with van der Waals surface area (Å²) in [6, 6.07) is 0. The molecule has 0 bridgehead atoms. The van der Waals surface area contributed by atoms with E-state index in [0.717, 1.165) is 0 Å². The maximum absolute atomic E-state index is 12.5. The van der Waals surface area contributed by atoms with Crippen LogP contribution < -0.4 is 0 Å². The summed E-state index contributed by atoms with van der Waals surface area (Å²) in [6.45, 7) is 8.22. The van der Waals surface area contributed by atoms with Crippen LogP contribution in [-0.2, 0) is 19.1 Å². The number of likely N-dealkylation sites (tertiary alicyclic amines) is 1. The first-order valence-electron chi connectivity index (χ1n) is 7.87. The molecule has 2 rings (SSSR count). The average molecular weight is 311 g/mol. The van der Waals surface area contributed by atoms with Gasteiger partial charge in [0.2, 0.25) is 0 Å². The SMILES string of the molecule is CCC(=O)C1COC2(CCN(C(=O)OC(C)(C)C)CC2)C1=O. The Labute approximate surface area is 131 Å². The standard InChI is InChI=1S/C16H25NO5/c1-5-12(18)11-10-21-16(13(11)19)6-8-17(9-7-16)14(20)22-15(2,3)4/h11H,5-10H2,1-4H3. The van der Waals surface area contributed by atoms with Crippen molar-refractivity contribution in [2.24, 2.45) is 5.92 Å². The first kappa shape index (κ1) is 16.9. The van der Waals surface area contributed by atoms with Crippen molar-refractivity contribution in [3.05, 3.63) is 0 Å². The van der Waals surface area contributed by atoms with Gasteiger partial charge in [-0.25, -0.2) is 4.79 Å². The number of Topliss-reactive ketones (excluding diaryl/α,β-unsaturated/α-hetero) is 2. The van der Waals surface area contributed by atoms with Crippen molar-refractivity contribution in [2.45, 2.75) is 58.2 Å². The fourth-order valence-corrected chi connectivity index (χ4v) is 2.96. The van der Waals surface area contributed by atoms with Gasteiger partial charge < -0.3 is 14.4 Å². The first-order chi connectivity index (χ1) is 10.2. The van der Waals surface area contributed by atoms with Crippen LogP contribution in [0.1, 0.15) is 47.0 Å². The van der Waals surface area contributed by atoms with Crippen LogP contribution in [0.4, 0.5) is 4.79 Å². The van der Waals surface area contributed by atoms with E-state index in [1.54, 1.807) is 11.8 Å². The van der Waals surface area contributed by atoms with Gasteiger partial charge in [0.15, 0.2) is 5.78 Å².